The van der Waals surface area contributed by atoms with Crippen LogP contribution in [0.5, 0.6) is 0 Å². The number of carbonyl (C=O) groups excluding carboxylic acids is 1. The molecule has 1 amide bonds. The van der Waals surface area contributed by atoms with Crippen molar-refractivity contribution in [2.75, 3.05) is 5.75 Å². The largest absolute Gasteiger partial charge is 0.350 e. The van der Waals surface area contributed by atoms with Crippen molar-refractivity contribution >= 4 is 16.0 Å². The molecule has 5 nitrogen and oxygen atoms in total. The van der Waals surface area contributed by atoms with E-state index in [1.165, 1.54) is 0 Å². The van der Waals surface area contributed by atoms with E-state index in [2.05, 4.69) is 33.0 Å². The van der Waals surface area contributed by atoms with E-state index in [1.54, 1.807) is 13.8 Å². The highest BCUT2D eigenvalue weighted by atomic mass is 32.2. The molecule has 2 N–H and O–H groups in total. The molecular weight excluding hydrogens is 290 g/mol. The summed E-state index contributed by atoms with van der Waals surface area (Å²) in [5, 5.41) is 2.78. The summed E-state index contributed by atoms with van der Waals surface area (Å²) in [5.41, 5.74) is -0.989. The van der Waals surface area contributed by atoms with Gasteiger partial charge in [0.05, 0.1) is 11.3 Å². The van der Waals surface area contributed by atoms with Gasteiger partial charge in [-0.15, -0.1) is 0 Å². The summed E-state index contributed by atoms with van der Waals surface area (Å²) in [4.78, 5) is 12.5. The normalized spacial score (nSPS) is 16.1. The minimum absolute atomic E-state index is 0.140. The van der Waals surface area contributed by atoms with Crippen molar-refractivity contribution in [1.82, 2.24) is 5.32 Å². The van der Waals surface area contributed by atoms with E-state index in [9.17, 15) is 13.2 Å². The van der Waals surface area contributed by atoms with Crippen molar-refractivity contribution < 1.29 is 17.8 Å². The van der Waals surface area contributed by atoms with Crippen LogP contribution >= 0.6 is 0 Å². The zero-order chi connectivity index (χ0) is 17.0. The summed E-state index contributed by atoms with van der Waals surface area (Å²) in [6.45, 7) is 13.5. The SMILES string of the molecule is CC(C)CC(C(=O)NC(C)(C)CS(=O)(=O)O)C(C)C(C)C. The second kappa shape index (κ2) is 7.58. The minimum Gasteiger partial charge on any atom is -0.350 e. The van der Waals surface area contributed by atoms with Crippen LogP contribution < -0.4 is 5.32 Å². The van der Waals surface area contributed by atoms with Crippen LogP contribution in [-0.2, 0) is 14.9 Å². The fourth-order valence-corrected chi connectivity index (χ4v) is 3.44. The van der Waals surface area contributed by atoms with E-state index in [-0.39, 0.29) is 17.7 Å². The van der Waals surface area contributed by atoms with Crippen LogP contribution in [0.25, 0.3) is 0 Å². The summed E-state index contributed by atoms with van der Waals surface area (Å²) >= 11 is 0. The van der Waals surface area contributed by atoms with E-state index >= 15 is 0 Å². The standard InChI is InChI=1S/C15H31NO4S/c1-10(2)8-13(12(5)11(3)4)14(17)16-15(6,7)9-21(18,19)20/h10-13H,8-9H2,1-7H3,(H,16,17)(H,18,19,20). The molecule has 0 radical (unpaired) electrons. The number of hydrogen-bond acceptors (Lipinski definition) is 3. The zero-order valence-electron chi connectivity index (χ0n) is 14.3. The highest BCUT2D eigenvalue weighted by Crippen LogP contribution is 2.27. The Morgan fingerprint density at radius 3 is 1.95 bits per heavy atom. The monoisotopic (exact) mass is 321 g/mol. The van der Waals surface area contributed by atoms with Crippen molar-refractivity contribution in [2.24, 2.45) is 23.7 Å². The highest BCUT2D eigenvalue weighted by molar-refractivity contribution is 7.85. The highest BCUT2D eigenvalue weighted by Gasteiger charge is 2.33. The fourth-order valence-electron chi connectivity index (χ4n) is 2.45. The van der Waals surface area contributed by atoms with Crippen LogP contribution in [-0.4, -0.2) is 30.2 Å². The lowest BCUT2D eigenvalue weighted by molar-refractivity contribution is -0.129. The second-order valence-corrected chi connectivity index (χ2v) is 8.89. The maximum absolute atomic E-state index is 12.5. The summed E-state index contributed by atoms with van der Waals surface area (Å²) in [6, 6.07) is 0. The van der Waals surface area contributed by atoms with Gasteiger partial charge in [0.1, 0.15) is 0 Å². The Hall–Kier alpha value is -0.620. The van der Waals surface area contributed by atoms with Crippen molar-refractivity contribution in [3.05, 3.63) is 0 Å². The molecule has 21 heavy (non-hydrogen) atoms. The summed E-state index contributed by atoms with van der Waals surface area (Å²) < 4.78 is 31.0. The van der Waals surface area contributed by atoms with Gasteiger partial charge in [-0.2, -0.15) is 8.42 Å². The van der Waals surface area contributed by atoms with Gasteiger partial charge in [-0.25, -0.2) is 0 Å². The van der Waals surface area contributed by atoms with Gasteiger partial charge in [0.15, 0.2) is 0 Å². The van der Waals surface area contributed by atoms with Gasteiger partial charge in [0.25, 0.3) is 10.1 Å². The van der Waals surface area contributed by atoms with E-state index in [4.69, 9.17) is 4.55 Å². The molecular formula is C15H31NO4S. The molecule has 0 saturated heterocycles. The quantitative estimate of drug-likeness (QED) is 0.673. The van der Waals surface area contributed by atoms with E-state index in [0.29, 0.717) is 11.8 Å². The van der Waals surface area contributed by atoms with Crippen LogP contribution in [0.1, 0.15) is 54.9 Å². The molecule has 0 aromatic rings. The van der Waals surface area contributed by atoms with Crippen LogP contribution in [0, 0.1) is 23.7 Å². The molecule has 0 spiro atoms. The smallest absolute Gasteiger partial charge is 0.267 e. The number of amides is 1. The van der Waals surface area contributed by atoms with Crippen molar-refractivity contribution in [3.63, 3.8) is 0 Å². The van der Waals surface area contributed by atoms with Crippen LogP contribution in [0.3, 0.4) is 0 Å². The van der Waals surface area contributed by atoms with Crippen molar-refractivity contribution in [1.29, 1.82) is 0 Å². The van der Waals surface area contributed by atoms with Gasteiger partial charge < -0.3 is 5.32 Å². The lowest BCUT2D eigenvalue weighted by atomic mass is 9.79. The van der Waals surface area contributed by atoms with Crippen molar-refractivity contribution in [3.8, 4) is 0 Å². The Balaban J connectivity index is 5.05. The number of carbonyl (C=O) groups is 1. The molecule has 6 heteroatoms. The number of nitrogens with one attached hydrogen (secondary N) is 1. The maximum Gasteiger partial charge on any atom is 0.267 e. The predicted octanol–water partition coefficient (Wildman–Crippen LogP) is 2.72. The molecule has 0 aliphatic carbocycles. The fraction of sp³-hybridized carbons (Fsp3) is 0.933. The third-order valence-corrected chi connectivity index (χ3v) is 4.84. The third-order valence-electron chi connectivity index (χ3n) is 3.75. The maximum atomic E-state index is 12.5. The molecule has 0 heterocycles. The molecule has 0 fully saturated rings. The average molecular weight is 321 g/mol. The van der Waals surface area contributed by atoms with E-state index in [0.717, 1.165) is 6.42 Å². The molecule has 2 atom stereocenters. The third kappa shape index (κ3) is 8.41. The van der Waals surface area contributed by atoms with E-state index in [1.807, 2.05) is 6.92 Å². The Morgan fingerprint density at radius 1 is 1.14 bits per heavy atom. The Labute approximate surface area is 129 Å². The van der Waals surface area contributed by atoms with Crippen LogP contribution in [0.15, 0.2) is 0 Å². The van der Waals surface area contributed by atoms with Gasteiger partial charge in [-0.1, -0.05) is 34.6 Å². The Bertz CT molecular complexity index is 441. The first-order chi connectivity index (χ1) is 9.25. The Kier molecular flexibility index (Phi) is 7.36. The average Bonchev–Trinajstić information content (AvgIpc) is 2.19. The van der Waals surface area contributed by atoms with E-state index < -0.39 is 21.4 Å². The minimum atomic E-state index is -4.13. The van der Waals surface area contributed by atoms with Crippen LogP contribution in [0.2, 0.25) is 0 Å². The first-order valence-electron chi connectivity index (χ1n) is 7.52. The molecule has 0 aromatic heterocycles. The molecule has 0 rings (SSSR count). The molecule has 0 aliphatic rings. The van der Waals surface area contributed by atoms with Crippen LogP contribution in [0.4, 0.5) is 0 Å². The molecule has 0 bridgehead atoms. The molecule has 126 valence electrons. The first-order valence-corrected chi connectivity index (χ1v) is 9.13. The Morgan fingerprint density at radius 2 is 1.62 bits per heavy atom. The van der Waals surface area contributed by atoms with Gasteiger partial charge in [0, 0.05) is 5.92 Å². The van der Waals surface area contributed by atoms with Gasteiger partial charge in [-0.3, -0.25) is 9.35 Å². The summed E-state index contributed by atoms with van der Waals surface area (Å²) in [6.07, 6.45) is 0.757. The topological polar surface area (TPSA) is 83.5 Å². The lowest BCUT2D eigenvalue weighted by Gasteiger charge is -2.32. The summed E-state index contributed by atoms with van der Waals surface area (Å²) in [7, 11) is -4.13. The second-order valence-electron chi connectivity index (χ2n) is 7.44. The summed E-state index contributed by atoms with van der Waals surface area (Å²) in [5.74, 6) is 0.157. The predicted molar refractivity (Wildman–Crippen MR) is 85.6 cm³/mol. The zero-order valence-corrected chi connectivity index (χ0v) is 15.1. The van der Waals surface area contributed by atoms with Gasteiger partial charge >= 0.3 is 0 Å². The van der Waals surface area contributed by atoms with Gasteiger partial charge in [-0.05, 0) is 38.0 Å². The molecule has 0 saturated carbocycles. The lowest BCUT2D eigenvalue weighted by Crippen LogP contribution is -2.51. The molecule has 0 aromatic carbocycles. The van der Waals surface area contributed by atoms with Gasteiger partial charge in [0.2, 0.25) is 5.91 Å². The number of rotatable bonds is 8. The van der Waals surface area contributed by atoms with Crippen molar-refractivity contribution in [2.45, 2.75) is 60.4 Å². The number of hydrogen-bond donors (Lipinski definition) is 2. The molecule has 0 aliphatic heterocycles. The molecule has 2 unspecified atom stereocenters. The first kappa shape index (κ1) is 20.4.